The predicted molar refractivity (Wildman–Crippen MR) is 145 cm³/mol. The molecule has 3 aromatic carbocycles. The number of aliphatic hydroxyl groups excluding tert-OH is 1. The van der Waals surface area contributed by atoms with E-state index in [0.717, 1.165) is 40.6 Å². The Morgan fingerprint density at radius 2 is 1.84 bits per heavy atom. The highest BCUT2D eigenvalue weighted by Gasteiger charge is 2.25. The Kier molecular flexibility index (Phi) is 7.44. The van der Waals surface area contributed by atoms with Crippen LogP contribution in [-0.4, -0.2) is 67.4 Å². The first-order valence-electron chi connectivity index (χ1n) is 12.7. The number of fused-ring (bicyclic) bond motifs is 2. The van der Waals surface area contributed by atoms with Crippen molar-refractivity contribution in [3.8, 4) is 22.6 Å². The van der Waals surface area contributed by atoms with Crippen LogP contribution in [0.4, 0.5) is 0 Å². The van der Waals surface area contributed by atoms with Crippen LogP contribution in [0.25, 0.3) is 22.0 Å². The van der Waals surface area contributed by atoms with Crippen molar-refractivity contribution >= 4 is 16.8 Å². The van der Waals surface area contributed by atoms with E-state index in [1.54, 1.807) is 0 Å². The molecule has 0 saturated carbocycles. The van der Waals surface area contributed by atoms with Crippen LogP contribution >= 0.6 is 0 Å². The van der Waals surface area contributed by atoms with E-state index >= 15 is 0 Å². The van der Waals surface area contributed by atoms with Gasteiger partial charge in [-0.25, -0.2) is 0 Å². The van der Waals surface area contributed by atoms with Crippen LogP contribution in [0.1, 0.15) is 21.5 Å². The molecule has 1 amide bonds. The molecule has 2 heterocycles. The fourth-order valence-corrected chi connectivity index (χ4v) is 4.70. The lowest BCUT2D eigenvalue weighted by Crippen LogP contribution is -2.39. The number of rotatable bonds is 9. The van der Waals surface area contributed by atoms with E-state index in [0.29, 0.717) is 36.7 Å². The molecule has 0 aliphatic carbocycles. The second-order valence-electron chi connectivity index (χ2n) is 9.71. The summed E-state index contributed by atoms with van der Waals surface area (Å²) < 4.78 is 11.7. The van der Waals surface area contributed by atoms with E-state index in [9.17, 15) is 9.90 Å². The topological polar surface area (TPSA) is 86.8 Å². The number of aromatic nitrogens is 1. The first-order valence-corrected chi connectivity index (χ1v) is 12.7. The molecule has 1 atom stereocenters. The lowest BCUT2D eigenvalue weighted by molar-refractivity contribution is 0.0906. The third kappa shape index (κ3) is 5.63. The molecular weight excluding hydrogens is 466 g/mol. The van der Waals surface area contributed by atoms with Gasteiger partial charge in [-0.1, -0.05) is 42.5 Å². The quantitative estimate of drug-likeness (QED) is 0.324. The van der Waals surface area contributed by atoms with Crippen LogP contribution in [0.5, 0.6) is 11.5 Å². The van der Waals surface area contributed by atoms with Gasteiger partial charge in [-0.2, -0.15) is 0 Å². The number of hydrogen-bond acceptors (Lipinski definition) is 5. The molecule has 5 rings (SSSR count). The van der Waals surface area contributed by atoms with Crippen LogP contribution in [0.15, 0.2) is 66.9 Å². The Balaban J connectivity index is 1.39. The van der Waals surface area contributed by atoms with Gasteiger partial charge in [-0.15, -0.1) is 0 Å². The number of para-hydroxylation sites is 1. The number of benzene rings is 3. The van der Waals surface area contributed by atoms with Gasteiger partial charge in [-0.3, -0.25) is 4.79 Å². The summed E-state index contributed by atoms with van der Waals surface area (Å²) in [5, 5.41) is 14.2. The predicted octanol–water partition coefficient (Wildman–Crippen LogP) is 4.04. The number of aromatic amines is 1. The van der Waals surface area contributed by atoms with Gasteiger partial charge < -0.3 is 29.8 Å². The zero-order valence-electron chi connectivity index (χ0n) is 21.3. The summed E-state index contributed by atoms with van der Waals surface area (Å²) in [5.74, 6) is 0.701. The molecule has 1 aliphatic rings. The molecule has 192 valence electrons. The summed E-state index contributed by atoms with van der Waals surface area (Å²) in [4.78, 5) is 18.9. The molecule has 0 spiro atoms. The lowest BCUT2D eigenvalue weighted by atomic mass is 9.98. The molecule has 4 aromatic rings. The highest BCUT2D eigenvalue weighted by molar-refractivity contribution is 5.99. The number of likely N-dealkylation sites (N-methyl/N-ethyl adjacent to an activating group) is 1. The van der Waals surface area contributed by atoms with Gasteiger partial charge in [0.2, 0.25) is 0 Å². The largest absolute Gasteiger partial charge is 0.486 e. The van der Waals surface area contributed by atoms with Crippen LogP contribution in [0.2, 0.25) is 0 Å². The minimum Gasteiger partial charge on any atom is -0.486 e. The van der Waals surface area contributed by atoms with E-state index in [1.807, 2.05) is 42.6 Å². The average molecular weight is 500 g/mol. The molecule has 1 aliphatic heterocycles. The maximum Gasteiger partial charge on any atom is 0.255 e. The number of carbonyl (C=O) groups is 1. The zero-order valence-corrected chi connectivity index (χ0v) is 21.3. The Labute approximate surface area is 217 Å². The first-order chi connectivity index (χ1) is 18.0. The number of carbonyl (C=O) groups excluding carboxylic acids is 1. The van der Waals surface area contributed by atoms with Crippen LogP contribution in [0, 0.1) is 0 Å². The Morgan fingerprint density at radius 3 is 2.62 bits per heavy atom. The SMILES string of the molecule is CN(C)CCc1ccc(-c2cc3c(c(C(=O)N[C@@H](CO)Cc4c[nH]c5ccccc45)c2)OCCO3)cc1. The van der Waals surface area contributed by atoms with Gasteiger partial charge in [0, 0.05) is 23.6 Å². The van der Waals surface area contributed by atoms with E-state index in [1.165, 1.54) is 5.56 Å². The van der Waals surface area contributed by atoms with Crippen molar-refractivity contribution in [3.63, 3.8) is 0 Å². The van der Waals surface area contributed by atoms with E-state index in [-0.39, 0.29) is 12.5 Å². The van der Waals surface area contributed by atoms with Crippen molar-refractivity contribution in [1.29, 1.82) is 0 Å². The monoisotopic (exact) mass is 499 g/mol. The third-order valence-electron chi connectivity index (χ3n) is 6.72. The van der Waals surface area contributed by atoms with E-state index in [2.05, 4.69) is 53.6 Å². The van der Waals surface area contributed by atoms with Crippen molar-refractivity contribution in [2.75, 3.05) is 40.5 Å². The number of nitrogens with zero attached hydrogens (tertiary/aromatic N) is 1. The van der Waals surface area contributed by atoms with Gasteiger partial charge in [0.1, 0.15) is 13.2 Å². The fourth-order valence-electron chi connectivity index (χ4n) is 4.70. The molecule has 7 nitrogen and oxygen atoms in total. The average Bonchev–Trinajstić information content (AvgIpc) is 3.33. The van der Waals surface area contributed by atoms with Crippen LogP contribution in [-0.2, 0) is 12.8 Å². The van der Waals surface area contributed by atoms with Gasteiger partial charge >= 0.3 is 0 Å². The lowest BCUT2D eigenvalue weighted by Gasteiger charge is -2.23. The second kappa shape index (κ2) is 11.1. The molecule has 1 aromatic heterocycles. The summed E-state index contributed by atoms with van der Waals surface area (Å²) in [6.07, 6.45) is 3.40. The Morgan fingerprint density at radius 1 is 1.05 bits per heavy atom. The highest BCUT2D eigenvalue weighted by Crippen LogP contribution is 2.38. The Hall–Kier alpha value is -3.81. The van der Waals surface area contributed by atoms with Crippen LogP contribution in [0.3, 0.4) is 0 Å². The molecule has 0 unspecified atom stereocenters. The standard InChI is InChI=1S/C30H33N3O4/c1-33(2)12-11-20-7-9-21(10-8-20)22-16-26(29-28(17-22)36-13-14-37-29)30(35)32-24(19-34)15-23-18-31-27-6-4-3-5-25(23)27/h3-10,16-18,24,31,34H,11-15,19H2,1-2H3,(H,32,35)/t24-/m1/s1. The summed E-state index contributed by atoms with van der Waals surface area (Å²) >= 11 is 0. The van der Waals surface area contributed by atoms with E-state index in [4.69, 9.17) is 9.47 Å². The molecule has 0 bridgehead atoms. The maximum absolute atomic E-state index is 13.5. The molecule has 0 fully saturated rings. The van der Waals surface area contributed by atoms with Crippen LogP contribution < -0.4 is 14.8 Å². The molecule has 37 heavy (non-hydrogen) atoms. The van der Waals surface area contributed by atoms with Gasteiger partial charge in [0.25, 0.3) is 5.91 Å². The number of nitrogens with one attached hydrogen (secondary N) is 2. The molecular formula is C30H33N3O4. The maximum atomic E-state index is 13.5. The Bertz CT molecular complexity index is 1380. The van der Waals surface area contributed by atoms with Gasteiger partial charge in [0.15, 0.2) is 11.5 Å². The zero-order chi connectivity index (χ0) is 25.8. The summed E-state index contributed by atoms with van der Waals surface area (Å²) in [6.45, 7) is 1.62. The number of hydrogen-bond donors (Lipinski definition) is 3. The summed E-state index contributed by atoms with van der Waals surface area (Å²) in [7, 11) is 4.13. The highest BCUT2D eigenvalue weighted by atomic mass is 16.6. The smallest absolute Gasteiger partial charge is 0.255 e. The molecule has 7 heteroatoms. The molecule has 0 saturated heterocycles. The summed E-state index contributed by atoms with van der Waals surface area (Å²) in [5.41, 5.74) is 5.61. The number of aliphatic hydroxyl groups is 1. The minimum atomic E-state index is -0.452. The normalized spacial score (nSPS) is 13.6. The fraction of sp³-hybridized carbons (Fsp3) is 0.300. The summed E-state index contributed by atoms with van der Waals surface area (Å²) in [6, 6.07) is 19.7. The number of ether oxygens (including phenoxy) is 2. The molecule has 3 N–H and O–H groups in total. The first kappa shape index (κ1) is 24.9. The van der Waals surface area contributed by atoms with Crippen molar-refractivity contribution < 1.29 is 19.4 Å². The number of amides is 1. The van der Waals surface area contributed by atoms with E-state index < -0.39 is 6.04 Å². The van der Waals surface area contributed by atoms with Crippen molar-refractivity contribution in [2.24, 2.45) is 0 Å². The second-order valence-corrected chi connectivity index (χ2v) is 9.71. The van der Waals surface area contributed by atoms with Crippen molar-refractivity contribution in [1.82, 2.24) is 15.2 Å². The van der Waals surface area contributed by atoms with Gasteiger partial charge in [-0.05, 0) is 67.4 Å². The van der Waals surface area contributed by atoms with Crippen molar-refractivity contribution in [2.45, 2.75) is 18.9 Å². The number of H-pyrrole nitrogens is 1. The third-order valence-corrected chi connectivity index (χ3v) is 6.72. The molecule has 0 radical (unpaired) electrons. The van der Waals surface area contributed by atoms with Gasteiger partial charge in [0.05, 0.1) is 18.2 Å². The van der Waals surface area contributed by atoms with Crippen molar-refractivity contribution in [3.05, 3.63) is 83.6 Å². The minimum absolute atomic E-state index is 0.182.